The Morgan fingerprint density at radius 2 is 1.61 bits per heavy atom. The van der Waals surface area contributed by atoms with Gasteiger partial charge >= 0.3 is 0 Å². The number of ether oxygens (including phenoxy) is 4. The molecule has 8 nitrogen and oxygen atoms in total. The van der Waals surface area contributed by atoms with Crippen LogP contribution in [0, 0.1) is 56.2 Å². The van der Waals surface area contributed by atoms with Crippen LogP contribution in [-0.2, 0) is 15.3 Å². The highest BCUT2D eigenvalue weighted by Crippen LogP contribution is 2.69. The number of halogens is 1. The average molecular weight is 507 g/mol. The molecule has 4 unspecified atom stereocenters. The SMILES string of the molecule is COc1ccc(C2OC3(c4ccc(Br)cc4)OC(=N)C(C#N)(C3C)C2(C#N)C#N)cc1OC. The smallest absolute Gasteiger partial charge is 0.244 e. The molecule has 0 radical (unpaired) electrons. The van der Waals surface area contributed by atoms with Crippen LogP contribution in [0.2, 0.25) is 0 Å². The van der Waals surface area contributed by atoms with Crippen LogP contribution in [0.3, 0.4) is 0 Å². The first kappa shape index (κ1) is 22.6. The van der Waals surface area contributed by atoms with Gasteiger partial charge < -0.3 is 18.9 Å². The summed E-state index contributed by atoms with van der Waals surface area (Å²) in [5.41, 5.74) is -2.95. The predicted molar refractivity (Wildman–Crippen MR) is 119 cm³/mol. The molecule has 2 bridgehead atoms. The van der Waals surface area contributed by atoms with E-state index in [1.54, 1.807) is 49.4 Å². The second-order valence-corrected chi connectivity index (χ2v) is 8.81. The Bertz CT molecular complexity index is 1250. The average Bonchev–Trinajstić information content (AvgIpc) is 3.00. The molecule has 4 rings (SSSR count). The quantitative estimate of drug-likeness (QED) is 0.641. The fraction of sp³-hybridized carbons (Fsp3) is 0.333. The van der Waals surface area contributed by atoms with E-state index in [4.69, 9.17) is 24.4 Å². The third kappa shape index (κ3) is 2.72. The van der Waals surface area contributed by atoms with Crippen molar-refractivity contribution in [2.24, 2.45) is 16.7 Å². The summed E-state index contributed by atoms with van der Waals surface area (Å²) in [5.74, 6) is -2.03. The summed E-state index contributed by atoms with van der Waals surface area (Å²) in [7, 11) is 2.96. The topological polar surface area (TPSA) is 132 Å². The molecule has 2 aromatic rings. The molecule has 0 aromatic heterocycles. The van der Waals surface area contributed by atoms with Crippen LogP contribution >= 0.6 is 15.9 Å². The van der Waals surface area contributed by atoms with E-state index in [0.29, 0.717) is 22.6 Å². The third-order valence-corrected chi connectivity index (χ3v) is 7.15. The summed E-state index contributed by atoms with van der Waals surface area (Å²) in [6.45, 7) is 1.67. The first-order chi connectivity index (χ1) is 15.8. The first-order valence-corrected chi connectivity index (χ1v) is 10.8. The molecule has 2 aromatic carbocycles. The molecule has 2 saturated heterocycles. The Labute approximate surface area is 199 Å². The van der Waals surface area contributed by atoms with Gasteiger partial charge in [0.25, 0.3) is 0 Å². The van der Waals surface area contributed by atoms with E-state index in [-0.39, 0.29) is 0 Å². The van der Waals surface area contributed by atoms with Crippen molar-refractivity contribution in [1.82, 2.24) is 0 Å². The molecule has 2 fully saturated rings. The van der Waals surface area contributed by atoms with Gasteiger partial charge in [-0.05, 0) is 29.8 Å². The number of fused-ring (bicyclic) bond motifs is 2. The summed E-state index contributed by atoms with van der Waals surface area (Å²) >= 11 is 3.40. The molecule has 1 N–H and O–H groups in total. The molecule has 9 heteroatoms. The Balaban J connectivity index is 2.02. The van der Waals surface area contributed by atoms with Crippen molar-refractivity contribution in [2.75, 3.05) is 14.2 Å². The Hall–Kier alpha value is -3.58. The monoisotopic (exact) mass is 506 g/mol. The van der Waals surface area contributed by atoms with E-state index >= 15 is 0 Å². The molecular formula is C24H19BrN4O4. The lowest BCUT2D eigenvalue weighted by atomic mass is 9.53. The van der Waals surface area contributed by atoms with Gasteiger partial charge in [-0.3, -0.25) is 5.41 Å². The molecule has 33 heavy (non-hydrogen) atoms. The van der Waals surface area contributed by atoms with Crippen molar-refractivity contribution in [3.05, 3.63) is 58.1 Å². The van der Waals surface area contributed by atoms with Gasteiger partial charge in [0.1, 0.15) is 6.10 Å². The van der Waals surface area contributed by atoms with Gasteiger partial charge in [-0.1, -0.05) is 41.1 Å². The zero-order valence-corrected chi connectivity index (χ0v) is 19.6. The van der Waals surface area contributed by atoms with Crippen molar-refractivity contribution < 1.29 is 18.9 Å². The molecule has 2 aliphatic heterocycles. The van der Waals surface area contributed by atoms with Crippen LogP contribution in [0.5, 0.6) is 11.5 Å². The summed E-state index contributed by atoms with van der Waals surface area (Å²) in [6.07, 6.45) is -1.23. The van der Waals surface area contributed by atoms with Gasteiger partial charge in [-0.2, -0.15) is 15.8 Å². The molecule has 2 aliphatic rings. The van der Waals surface area contributed by atoms with E-state index < -0.39 is 34.5 Å². The lowest BCUT2D eigenvalue weighted by molar-refractivity contribution is -0.288. The molecule has 2 heterocycles. The van der Waals surface area contributed by atoms with Crippen LogP contribution in [0.4, 0.5) is 0 Å². The van der Waals surface area contributed by atoms with E-state index in [9.17, 15) is 15.8 Å². The maximum absolute atomic E-state index is 10.4. The summed E-state index contributed by atoms with van der Waals surface area (Å²) < 4.78 is 24.0. The number of nitrogens with zero attached hydrogens (tertiary/aromatic N) is 3. The number of nitrogens with one attached hydrogen (secondary N) is 1. The van der Waals surface area contributed by atoms with Gasteiger partial charge in [0.15, 0.2) is 16.9 Å². The molecule has 0 spiro atoms. The highest BCUT2D eigenvalue weighted by atomic mass is 79.9. The van der Waals surface area contributed by atoms with Crippen LogP contribution in [-0.4, -0.2) is 20.1 Å². The lowest BCUT2D eigenvalue weighted by Crippen LogP contribution is -2.57. The van der Waals surface area contributed by atoms with Gasteiger partial charge in [-0.15, -0.1) is 0 Å². The van der Waals surface area contributed by atoms with Gasteiger partial charge in [0.05, 0.1) is 38.3 Å². The largest absolute Gasteiger partial charge is 0.493 e. The number of hydrogen-bond acceptors (Lipinski definition) is 8. The maximum Gasteiger partial charge on any atom is 0.244 e. The van der Waals surface area contributed by atoms with Crippen molar-refractivity contribution in [3.63, 3.8) is 0 Å². The van der Waals surface area contributed by atoms with Crippen LogP contribution < -0.4 is 9.47 Å². The molecule has 166 valence electrons. The zero-order valence-electron chi connectivity index (χ0n) is 18.0. The lowest BCUT2D eigenvalue weighted by Gasteiger charge is -2.48. The van der Waals surface area contributed by atoms with Crippen LogP contribution in [0.15, 0.2) is 46.9 Å². The Morgan fingerprint density at radius 1 is 0.970 bits per heavy atom. The van der Waals surface area contributed by atoms with E-state index in [0.717, 1.165) is 4.47 Å². The number of nitriles is 3. The molecule has 0 amide bonds. The fourth-order valence-corrected chi connectivity index (χ4v) is 5.13. The number of rotatable bonds is 4. The van der Waals surface area contributed by atoms with Crippen molar-refractivity contribution in [3.8, 4) is 29.7 Å². The first-order valence-electron chi connectivity index (χ1n) is 9.97. The van der Waals surface area contributed by atoms with E-state index in [1.807, 2.05) is 12.1 Å². The highest BCUT2D eigenvalue weighted by molar-refractivity contribution is 9.10. The third-order valence-electron chi connectivity index (χ3n) is 6.63. The number of benzene rings is 2. The fourth-order valence-electron chi connectivity index (χ4n) is 4.87. The van der Waals surface area contributed by atoms with Crippen molar-refractivity contribution >= 4 is 21.8 Å². The molecule has 0 aliphatic carbocycles. The van der Waals surface area contributed by atoms with Crippen LogP contribution in [0.1, 0.15) is 24.2 Å². The minimum Gasteiger partial charge on any atom is -0.493 e. The number of methoxy groups -OCH3 is 2. The predicted octanol–water partition coefficient (Wildman–Crippen LogP) is 4.58. The second kappa shape index (κ2) is 7.78. The second-order valence-electron chi connectivity index (χ2n) is 7.89. The van der Waals surface area contributed by atoms with Gasteiger partial charge in [0.2, 0.25) is 17.1 Å². The normalized spacial score (nSPS) is 29.2. The highest BCUT2D eigenvalue weighted by Gasteiger charge is 2.79. The minimum atomic E-state index is -2.06. The number of hydrogen-bond donors (Lipinski definition) is 1. The Morgan fingerprint density at radius 3 is 2.15 bits per heavy atom. The molecular weight excluding hydrogens is 488 g/mol. The minimum absolute atomic E-state index is 0.369. The summed E-state index contributed by atoms with van der Waals surface area (Å²) in [4.78, 5) is 0. The van der Waals surface area contributed by atoms with Gasteiger partial charge in [0, 0.05) is 10.0 Å². The van der Waals surface area contributed by atoms with Crippen LogP contribution in [0.25, 0.3) is 0 Å². The zero-order chi connectivity index (χ0) is 24.0. The standard InChI is InChI=1S/C24H19BrN4O4/c1-14-23(13-28)21(29)33-24(14,16-5-7-17(25)8-6-16)32-20(22(23,11-26)12-27)15-4-9-18(30-2)19(10-15)31-3/h4-10,14,20,29H,1-3H3. The van der Waals surface area contributed by atoms with Gasteiger partial charge in [-0.25, -0.2) is 0 Å². The molecule has 0 saturated carbocycles. The van der Waals surface area contributed by atoms with Crippen molar-refractivity contribution in [2.45, 2.75) is 18.8 Å². The van der Waals surface area contributed by atoms with E-state index in [2.05, 4.69) is 22.0 Å². The van der Waals surface area contributed by atoms with Crippen molar-refractivity contribution in [1.29, 1.82) is 21.2 Å². The maximum atomic E-state index is 10.4. The summed E-state index contributed by atoms with van der Waals surface area (Å²) in [6, 6.07) is 18.2. The van der Waals surface area contributed by atoms with E-state index in [1.165, 1.54) is 14.2 Å². The Kier molecular flexibility index (Phi) is 5.33. The molecule has 4 atom stereocenters. The summed E-state index contributed by atoms with van der Waals surface area (Å²) in [5, 5.41) is 39.7.